The molecular weight excluding hydrogens is 441 g/mol. The van der Waals surface area contributed by atoms with Gasteiger partial charge in [-0.2, -0.15) is 14.5 Å². The average Bonchev–Trinajstić information content (AvgIpc) is 3.39. The van der Waals surface area contributed by atoms with Crippen molar-refractivity contribution in [3.63, 3.8) is 0 Å². The highest BCUT2D eigenvalue weighted by Crippen LogP contribution is 2.32. The molecule has 5 rings (SSSR count). The second kappa shape index (κ2) is 8.19. The number of likely N-dealkylation sites (tertiary alicyclic amines) is 1. The van der Waals surface area contributed by atoms with Crippen LogP contribution in [0.2, 0.25) is 0 Å². The van der Waals surface area contributed by atoms with Crippen LogP contribution in [0.5, 0.6) is 5.88 Å². The van der Waals surface area contributed by atoms with E-state index >= 15 is 0 Å². The molecule has 1 saturated heterocycles. The Morgan fingerprint density at radius 3 is 2.64 bits per heavy atom. The zero-order valence-corrected chi connectivity index (χ0v) is 17.3. The quantitative estimate of drug-likeness (QED) is 0.594. The Bertz CT molecular complexity index is 1220. The van der Waals surface area contributed by atoms with E-state index in [0.29, 0.717) is 23.2 Å². The summed E-state index contributed by atoms with van der Waals surface area (Å²) in [5.74, 6) is -2.24. The lowest BCUT2D eigenvalue weighted by Gasteiger charge is -2.40. The predicted molar refractivity (Wildman–Crippen MR) is 108 cm³/mol. The van der Waals surface area contributed by atoms with Gasteiger partial charge < -0.3 is 14.2 Å². The Kier molecular flexibility index (Phi) is 5.19. The average molecular weight is 458 g/mol. The molecular formula is C21H17F3N6O3. The first kappa shape index (κ1) is 20.9. The largest absolute Gasteiger partial charge is 0.468 e. The lowest BCUT2D eigenvalue weighted by Crippen LogP contribution is -2.59. The highest BCUT2D eigenvalue weighted by atomic mass is 19.1. The van der Waals surface area contributed by atoms with Gasteiger partial charge in [-0.05, 0) is 24.6 Å². The molecule has 0 spiro atoms. The van der Waals surface area contributed by atoms with Crippen molar-refractivity contribution in [3.8, 4) is 17.3 Å². The monoisotopic (exact) mass is 458 g/mol. The molecule has 1 atom stereocenters. The maximum absolute atomic E-state index is 14.2. The summed E-state index contributed by atoms with van der Waals surface area (Å²) in [6, 6.07) is 2.07. The van der Waals surface area contributed by atoms with Gasteiger partial charge in [0.05, 0.1) is 36.6 Å². The van der Waals surface area contributed by atoms with Crippen molar-refractivity contribution < 1.29 is 27.2 Å². The van der Waals surface area contributed by atoms with Crippen molar-refractivity contribution in [1.82, 2.24) is 25.0 Å². The van der Waals surface area contributed by atoms with Crippen molar-refractivity contribution >= 4 is 12.2 Å². The lowest BCUT2D eigenvalue weighted by molar-refractivity contribution is 0.0230. The van der Waals surface area contributed by atoms with E-state index in [1.54, 1.807) is 6.92 Å². The molecule has 2 aromatic heterocycles. The third-order valence-electron chi connectivity index (χ3n) is 5.40. The van der Waals surface area contributed by atoms with E-state index in [-0.39, 0.29) is 24.8 Å². The highest BCUT2D eigenvalue weighted by molar-refractivity contribution is 5.79. The molecule has 2 aliphatic heterocycles. The Labute approximate surface area is 185 Å². The fourth-order valence-electron chi connectivity index (χ4n) is 3.69. The van der Waals surface area contributed by atoms with Crippen LogP contribution in [0, 0.1) is 24.4 Å². The SMILES string of the molecule is Cc1nocc1-c1ncc(F)c(OC2CN(C(=O)N3N=CC[C@H]3c3cc(F)cc(F)c3)C2)n1. The fraction of sp³-hybridized carbons (Fsp3) is 0.286. The van der Waals surface area contributed by atoms with Crippen molar-refractivity contribution in [2.24, 2.45) is 5.10 Å². The van der Waals surface area contributed by atoms with Gasteiger partial charge in [-0.1, -0.05) is 5.16 Å². The molecule has 12 heteroatoms. The van der Waals surface area contributed by atoms with Gasteiger partial charge in [0.25, 0.3) is 5.88 Å². The lowest BCUT2D eigenvalue weighted by atomic mass is 10.0. The first-order chi connectivity index (χ1) is 15.9. The fourth-order valence-corrected chi connectivity index (χ4v) is 3.69. The summed E-state index contributed by atoms with van der Waals surface area (Å²) in [5.41, 5.74) is 1.37. The number of hydrogen-bond donors (Lipinski definition) is 0. The standard InChI is InChI=1S/C21H17F3N6O3/c1-11-16(10-32-28-11)19-25-7-17(24)20(27-19)33-15-8-29(9-15)21(31)30-18(2-3-26-30)12-4-13(22)6-14(23)5-12/h3-7,10,15,18H,2,8-9H2,1H3/t18-/m0/s1. The van der Waals surface area contributed by atoms with Crippen LogP contribution in [0.15, 0.2) is 40.3 Å². The minimum atomic E-state index is -0.741. The number of amides is 2. The zero-order chi connectivity index (χ0) is 23.1. The van der Waals surface area contributed by atoms with Gasteiger partial charge >= 0.3 is 6.03 Å². The van der Waals surface area contributed by atoms with Crippen molar-refractivity contribution in [3.05, 3.63) is 59.4 Å². The minimum Gasteiger partial charge on any atom is -0.468 e. The molecule has 2 aliphatic rings. The molecule has 0 N–H and O–H groups in total. The molecule has 2 amide bonds. The van der Waals surface area contributed by atoms with Crippen LogP contribution < -0.4 is 4.74 Å². The van der Waals surface area contributed by atoms with Crippen LogP contribution >= 0.6 is 0 Å². The van der Waals surface area contributed by atoms with Gasteiger partial charge in [0, 0.05) is 18.7 Å². The number of nitrogens with zero attached hydrogens (tertiary/aromatic N) is 6. The van der Waals surface area contributed by atoms with E-state index in [2.05, 4.69) is 20.2 Å². The summed E-state index contributed by atoms with van der Waals surface area (Å²) in [7, 11) is 0. The van der Waals surface area contributed by atoms with Crippen LogP contribution in [0.1, 0.15) is 23.7 Å². The Morgan fingerprint density at radius 2 is 1.94 bits per heavy atom. The maximum atomic E-state index is 14.2. The van der Waals surface area contributed by atoms with Crippen LogP contribution in [0.3, 0.4) is 0 Å². The molecule has 3 aromatic rings. The van der Waals surface area contributed by atoms with Gasteiger partial charge in [-0.15, -0.1) is 0 Å². The topological polar surface area (TPSA) is 97.0 Å². The van der Waals surface area contributed by atoms with Crippen molar-refractivity contribution in [2.45, 2.75) is 25.5 Å². The predicted octanol–water partition coefficient (Wildman–Crippen LogP) is 3.47. The summed E-state index contributed by atoms with van der Waals surface area (Å²) in [5, 5.41) is 8.99. The van der Waals surface area contributed by atoms with Crippen LogP contribution in [-0.4, -0.2) is 56.5 Å². The molecule has 0 bridgehead atoms. The molecule has 1 fully saturated rings. The Hall–Kier alpha value is -3.96. The number of aryl methyl sites for hydroxylation is 1. The minimum absolute atomic E-state index is 0.167. The summed E-state index contributed by atoms with van der Waals surface area (Å²) in [6.45, 7) is 2.04. The van der Waals surface area contributed by atoms with Gasteiger partial charge in [0.1, 0.15) is 24.0 Å². The molecule has 0 radical (unpaired) electrons. The molecule has 9 nitrogen and oxygen atoms in total. The number of carbonyl (C=O) groups excluding carboxylic acids is 1. The molecule has 170 valence electrons. The van der Waals surface area contributed by atoms with Gasteiger partial charge in [-0.25, -0.2) is 23.6 Å². The number of ether oxygens (including phenoxy) is 1. The number of urea groups is 1. The number of hydrazone groups is 1. The second-order valence-corrected chi connectivity index (χ2v) is 7.68. The normalized spacial score (nSPS) is 18.0. The number of halogens is 3. The molecule has 0 aliphatic carbocycles. The first-order valence-corrected chi connectivity index (χ1v) is 10.1. The smallest absolute Gasteiger partial charge is 0.341 e. The number of benzene rings is 1. The zero-order valence-electron chi connectivity index (χ0n) is 17.3. The number of aromatic nitrogens is 3. The van der Waals surface area contributed by atoms with E-state index in [9.17, 15) is 18.0 Å². The van der Waals surface area contributed by atoms with Crippen LogP contribution in [-0.2, 0) is 0 Å². The third-order valence-corrected chi connectivity index (χ3v) is 5.40. The van der Waals surface area contributed by atoms with Gasteiger partial charge in [0.2, 0.25) is 5.82 Å². The van der Waals surface area contributed by atoms with E-state index < -0.39 is 35.6 Å². The Morgan fingerprint density at radius 1 is 1.18 bits per heavy atom. The number of hydrogen-bond acceptors (Lipinski definition) is 7. The highest BCUT2D eigenvalue weighted by Gasteiger charge is 2.39. The van der Waals surface area contributed by atoms with Crippen LogP contribution in [0.4, 0.5) is 18.0 Å². The first-order valence-electron chi connectivity index (χ1n) is 10.1. The third kappa shape index (κ3) is 3.99. The van der Waals surface area contributed by atoms with E-state index in [1.807, 2.05) is 0 Å². The van der Waals surface area contributed by atoms with E-state index in [0.717, 1.165) is 12.3 Å². The molecule has 0 unspecified atom stereocenters. The Balaban J connectivity index is 1.24. The number of carbonyl (C=O) groups is 1. The number of rotatable bonds is 4. The maximum Gasteiger partial charge on any atom is 0.341 e. The van der Waals surface area contributed by atoms with Crippen molar-refractivity contribution in [2.75, 3.05) is 13.1 Å². The van der Waals surface area contributed by atoms with E-state index in [4.69, 9.17) is 9.26 Å². The second-order valence-electron chi connectivity index (χ2n) is 7.68. The summed E-state index contributed by atoms with van der Waals surface area (Å²) in [6.07, 6.45) is 3.70. The summed E-state index contributed by atoms with van der Waals surface area (Å²) >= 11 is 0. The molecule has 0 saturated carbocycles. The summed E-state index contributed by atoms with van der Waals surface area (Å²) < 4.78 is 51.9. The van der Waals surface area contributed by atoms with Gasteiger partial charge in [-0.3, -0.25) is 0 Å². The molecule has 33 heavy (non-hydrogen) atoms. The van der Waals surface area contributed by atoms with Gasteiger partial charge in [0.15, 0.2) is 5.82 Å². The molecule has 4 heterocycles. The summed E-state index contributed by atoms with van der Waals surface area (Å²) in [4.78, 5) is 22.3. The van der Waals surface area contributed by atoms with Crippen LogP contribution in [0.25, 0.3) is 11.4 Å². The van der Waals surface area contributed by atoms with E-state index in [1.165, 1.54) is 34.5 Å². The molecule has 1 aromatic carbocycles. The van der Waals surface area contributed by atoms with Crippen molar-refractivity contribution in [1.29, 1.82) is 0 Å².